The number of imidazole rings is 1. The number of amides is 1. The van der Waals surface area contributed by atoms with Crippen LogP contribution in [0.1, 0.15) is 10.4 Å². The lowest BCUT2D eigenvalue weighted by molar-refractivity contribution is 0.0963. The van der Waals surface area contributed by atoms with E-state index in [1.807, 2.05) is 49.8 Å². The van der Waals surface area contributed by atoms with Crippen molar-refractivity contribution in [1.29, 1.82) is 0 Å². The summed E-state index contributed by atoms with van der Waals surface area (Å²) in [5.41, 5.74) is 6.97. The molecule has 0 aliphatic carbocycles. The van der Waals surface area contributed by atoms with Crippen molar-refractivity contribution in [1.82, 2.24) is 34.2 Å². The van der Waals surface area contributed by atoms with E-state index in [0.29, 0.717) is 11.3 Å². The van der Waals surface area contributed by atoms with Crippen LogP contribution in [0.2, 0.25) is 0 Å². The van der Waals surface area contributed by atoms with Gasteiger partial charge in [-0.3, -0.25) is 28.6 Å². The van der Waals surface area contributed by atoms with Crippen molar-refractivity contribution in [3.63, 3.8) is 0 Å². The lowest BCUT2D eigenvalue weighted by Crippen LogP contribution is -2.21. The van der Waals surface area contributed by atoms with Gasteiger partial charge in [0.05, 0.1) is 40.3 Å². The van der Waals surface area contributed by atoms with E-state index in [1.54, 1.807) is 64.6 Å². The minimum Gasteiger partial charge on any atom is -0.355 e. The molecule has 4 heterocycles. The van der Waals surface area contributed by atoms with Gasteiger partial charge in [-0.15, -0.1) is 0 Å². The minimum atomic E-state index is -0.190. The van der Waals surface area contributed by atoms with Gasteiger partial charge in [-0.2, -0.15) is 5.10 Å². The molecule has 0 aliphatic rings. The average molecular weight is 490 g/mol. The molecule has 6 rings (SSSR count). The highest BCUT2D eigenvalue weighted by Crippen LogP contribution is 2.30. The predicted molar refractivity (Wildman–Crippen MR) is 143 cm³/mol. The second kappa shape index (κ2) is 8.56. The zero-order valence-corrected chi connectivity index (χ0v) is 20.5. The SMILES string of the molecule is CNC(=O)c1ccc(-n2c(=O)n(C)c3cnc4ccc(-c5ccc(-c6cnn(C)c6)nc5)cc4c32)cc1. The van der Waals surface area contributed by atoms with Gasteiger partial charge in [-0.1, -0.05) is 12.1 Å². The monoisotopic (exact) mass is 489 g/mol. The number of fused-ring (bicyclic) bond motifs is 3. The third kappa shape index (κ3) is 3.68. The maximum Gasteiger partial charge on any atom is 0.333 e. The molecule has 0 radical (unpaired) electrons. The van der Waals surface area contributed by atoms with E-state index < -0.39 is 0 Å². The zero-order valence-electron chi connectivity index (χ0n) is 20.5. The molecule has 182 valence electrons. The highest BCUT2D eigenvalue weighted by atomic mass is 16.2. The van der Waals surface area contributed by atoms with Crippen molar-refractivity contribution in [2.75, 3.05) is 7.05 Å². The number of aryl methyl sites for hydroxylation is 2. The van der Waals surface area contributed by atoms with Crippen LogP contribution in [0.25, 0.3) is 50.0 Å². The molecule has 0 saturated carbocycles. The zero-order chi connectivity index (χ0) is 25.7. The summed E-state index contributed by atoms with van der Waals surface area (Å²) in [5.74, 6) is -0.181. The summed E-state index contributed by atoms with van der Waals surface area (Å²) in [6.07, 6.45) is 7.28. The number of pyridine rings is 2. The molecule has 1 N–H and O–H groups in total. The first-order chi connectivity index (χ1) is 17.9. The Morgan fingerprint density at radius 3 is 2.32 bits per heavy atom. The Labute approximate surface area is 211 Å². The largest absolute Gasteiger partial charge is 0.355 e. The number of nitrogens with zero attached hydrogens (tertiary/aromatic N) is 6. The van der Waals surface area contributed by atoms with Gasteiger partial charge in [0.1, 0.15) is 0 Å². The topological polar surface area (TPSA) is 99.6 Å². The molecule has 6 aromatic rings. The van der Waals surface area contributed by atoms with E-state index in [2.05, 4.69) is 20.4 Å². The summed E-state index contributed by atoms with van der Waals surface area (Å²) in [4.78, 5) is 34.6. The highest BCUT2D eigenvalue weighted by Gasteiger charge is 2.17. The number of nitrogens with one attached hydrogen (secondary N) is 1. The van der Waals surface area contributed by atoms with Gasteiger partial charge in [0.2, 0.25) is 0 Å². The average Bonchev–Trinajstić information content (AvgIpc) is 3.49. The minimum absolute atomic E-state index is 0.181. The van der Waals surface area contributed by atoms with Crippen LogP contribution in [0.4, 0.5) is 0 Å². The number of benzene rings is 2. The standard InChI is InChI=1S/C28H23N7O2/c1-29-27(36)17-4-8-21(9-5-17)35-26-22-12-18(6-11-24(22)31-15-25(26)34(3)28(35)37)19-7-10-23(30-13-19)20-14-32-33(2)16-20/h4-16H,1-3H3,(H,29,36). The molecule has 2 aromatic carbocycles. The summed E-state index contributed by atoms with van der Waals surface area (Å²) in [6, 6.07) is 17.0. The Hall–Kier alpha value is -5.05. The molecule has 0 bridgehead atoms. The van der Waals surface area contributed by atoms with E-state index in [-0.39, 0.29) is 11.6 Å². The quantitative estimate of drug-likeness (QED) is 0.407. The number of carbonyl (C=O) groups is 1. The summed E-state index contributed by atoms with van der Waals surface area (Å²) in [7, 11) is 5.20. The molecule has 1 amide bonds. The molecule has 9 nitrogen and oxygen atoms in total. The Kier molecular flexibility index (Phi) is 5.19. The number of aromatic nitrogens is 6. The van der Waals surface area contributed by atoms with Crippen molar-refractivity contribution in [2.24, 2.45) is 14.1 Å². The first kappa shape index (κ1) is 22.4. The van der Waals surface area contributed by atoms with Gasteiger partial charge in [-0.25, -0.2) is 4.79 Å². The van der Waals surface area contributed by atoms with Crippen LogP contribution in [0.3, 0.4) is 0 Å². The molecule has 0 aliphatic heterocycles. The molecule has 4 aromatic heterocycles. The smallest absolute Gasteiger partial charge is 0.333 e. The lowest BCUT2D eigenvalue weighted by Gasteiger charge is -2.09. The van der Waals surface area contributed by atoms with Gasteiger partial charge in [-0.05, 0) is 48.0 Å². The number of carbonyl (C=O) groups excluding carboxylic acids is 1. The normalized spacial score (nSPS) is 11.3. The Morgan fingerprint density at radius 2 is 1.65 bits per heavy atom. The lowest BCUT2D eigenvalue weighted by atomic mass is 10.0. The molecule has 0 unspecified atom stereocenters. The molecule has 37 heavy (non-hydrogen) atoms. The maximum absolute atomic E-state index is 13.3. The third-order valence-corrected chi connectivity index (χ3v) is 6.60. The van der Waals surface area contributed by atoms with E-state index >= 15 is 0 Å². The number of hydrogen-bond acceptors (Lipinski definition) is 5. The third-order valence-electron chi connectivity index (χ3n) is 6.60. The molecule has 0 fully saturated rings. The maximum atomic E-state index is 13.3. The highest BCUT2D eigenvalue weighted by molar-refractivity contribution is 6.04. The molecular formula is C28H23N7O2. The fraction of sp³-hybridized carbons (Fsp3) is 0.107. The molecule has 0 spiro atoms. The van der Waals surface area contributed by atoms with Crippen LogP contribution in [0, 0.1) is 0 Å². The summed E-state index contributed by atoms with van der Waals surface area (Å²) < 4.78 is 5.00. The van der Waals surface area contributed by atoms with Crippen LogP contribution in [-0.2, 0) is 14.1 Å². The van der Waals surface area contributed by atoms with Crippen molar-refractivity contribution >= 4 is 27.8 Å². The van der Waals surface area contributed by atoms with Gasteiger partial charge in [0.15, 0.2) is 0 Å². The summed E-state index contributed by atoms with van der Waals surface area (Å²) in [5, 5.41) is 7.68. The number of rotatable bonds is 4. The van der Waals surface area contributed by atoms with Gasteiger partial charge >= 0.3 is 5.69 Å². The van der Waals surface area contributed by atoms with Crippen LogP contribution >= 0.6 is 0 Å². The van der Waals surface area contributed by atoms with E-state index in [1.165, 1.54) is 0 Å². The summed E-state index contributed by atoms with van der Waals surface area (Å²) in [6.45, 7) is 0. The van der Waals surface area contributed by atoms with Crippen LogP contribution in [-0.4, -0.2) is 41.8 Å². The van der Waals surface area contributed by atoms with Crippen LogP contribution < -0.4 is 11.0 Å². The Morgan fingerprint density at radius 1 is 0.865 bits per heavy atom. The van der Waals surface area contributed by atoms with Gasteiger partial charge < -0.3 is 5.32 Å². The second-order valence-electron chi connectivity index (χ2n) is 8.86. The first-order valence-electron chi connectivity index (χ1n) is 11.7. The van der Waals surface area contributed by atoms with E-state index in [4.69, 9.17) is 0 Å². The molecule has 0 saturated heterocycles. The van der Waals surface area contributed by atoms with Gasteiger partial charge in [0.25, 0.3) is 5.91 Å². The predicted octanol–water partition coefficient (Wildman–Crippen LogP) is 3.70. The van der Waals surface area contributed by atoms with Gasteiger partial charge in [0, 0.05) is 55.6 Å². The van der Waals surface area contributed by atoms with Crippen molar-refractivity contribution in [2.45, 2.75) is 0 Å². The fourth-order valence-corrected chi connectivity index (χ4v) is 4.61. The number of hydrogen-bond donors (Lipinski definition) is 1. The summed E-state index contributed by atoms with van der Waals surface area (Å²) >= 11 is 0. The van der Waals surface area contributed by atoms with Crippen molar-refractivity contribution in [3.05, 3.63) is 95.4 Å². The Bertz CT molecular complexity index is 1860. The Balaban J connectivity index is 1.51. The molecule has 9 heteroatoms. The van der Waals surface area contributed by atoms with Crippen LogP contribution in [0.5, 0.6) is 0 Å². The van der Waals surface area contributed by atoms with Crippen LogP contribution in [0.15, 0.2) is 84.2 Å². The molecule has 0 atom stereocenters. The van der Waals surface area contributed by atoms with Crippen molar-refractivity contribution in [3.8, 4) is 28.1 Å². The molecular weight excluding hydrogens is 466 g/mol. The fourth-order valence-electron chi connectivity index (χ4n) is 4.61. The second-order valence-corrected chi connectivity index (χ2v) is 8.86. The van der Waals surface area contributed by atoms with E-state index in [0.717, 1.165) is 44.3 Å². The van der Waals surface area contributed by atoms with Crippen molar-refractivity contribution < 1.29 is 4.79 Å². The van der Waals surface area contributed by atoms with E-state index in [9.17, 15) is 9.59 Å². The first-order valence-corrected chi connectivity index (χ1v) is 11.7.